The van der Waals surface area contributed by atoms with Crippen LogP contribution < -0.4 is 20.3 Å². The second-order valence-corrected chi connectivity index (χ2v) is 9.56. The minimum absolute atomic E-state index is 0.116. The summed E-state index contributed by atoms with van der Waals surface area (Å²) in [4.78, 5) is 49.5. The minimum Gasteiger partial charge on any atom is -0.491 e. The molecular weight excluding hydrogens is 514 g/mol. The maximum absolute atomic E-state index is 13.0. The van der Waals surface area contributed by atoms with Crippen molar-refractivity contribution in [2.75, 3.05) is 23.4 Å². The average Bonchev–Trinajstić information content (AvgIpc) is 3.73. The fraction of sp³-hybridized carbons (Fsp3) is 0.259. The van der Waals surface area contributed by atoms with Gasteiger partial charge in [0.05, 0.1) is 18.7 Å². The predicted octanol–water partition coefficient (Wildman–Crippen LogP) is 3.09. The Bertz CT molecular complexity index is 1650. The highest BCUT2D eigenvalue weighted by molar-refractivity contribution is 5.99. The molecule has 1 saturated heterocycles. The lowest BCUT2D eigenvalue weighted by Crippen LogP contribution is -2.44. The van der Waals surface area contributed by atoms with E-state index < -0.39 is 18.0 Å². The van der Waals surface area contributed by atoms with Crippen molar-refractivity contribution in [1.82, 2.24) is 35.2 Å². The van der Waals surface area contributed by atoms with Crippen molar-refractivity contribution in [2.45, 2.75) is 31.3 Å². The van der Waals surface area contributed by atoms with E-state index in [0.29, 0.717) is 29.4 Å². The highest BCUT2D eigenvalue weighted by Gasteiger charge is 2.28. The van der Waals surface area contributed by atoms with E-state index >= 15 is 0 Å². The lowest BCUT2D eigenvalue weighted by molar-refractivity contribution is -0.118. The van der Waals surface area contributed by atoms with Gasteiger partial charge in [-0.1, -0.05) is 18.2 Å². The molecule has 13 heteroatoms. The average molecular weight is 542 g/mol. The van der Waals surface area contributed by atoms with Crippen molar-refractivity contribution in [2.24, 2.45) is 0 Å². The summed E-state index contributed by atoms with van der Waals surface area (Å²) >= 11 is 0. The fourth-order valence-electron chi connectivity index (χ4n) is 5.10. The highest BCUT2D eigenvalue weighted by Crippen LogP contribution is 2.31. The van der Waals surface area contributed by atoms with Crippen LogP contribution in [0, 0.1) is 0 Å². The molecule has 0 bridgehead atoms. The van der Waals surface area contributed by atoms with Crippen molar-refractivity contribution in [3.8, 4) is 5.75 Å². The number of nitrogens with one attached hydrogen (secondary N) is 4. The van der Waals surface area contributed by atoms with Gasteiger partial charge in [-0.2, -0.15) is 0 Å². The van der Waals surface area contributed by atoms with Crippen LogP contribution in [0.3, 0.4) is 0 Å². The quantitative estimate of drug-likeness (QED) is 0.188. The van der Waals surface area contributed by atoms with Crippen LogP contribution in [0.4, 0.5) is 16.3 Å². The number of nitrogens with zero attached hydrogens (tertiary/aromatic N) is 5. The third-order valence-electron chi connectivity index (χ3n) is 6.99. The topological polar surface area (TPSA) is 174 Å². The maximum Gasteiger partial charge on any atom is 0.405 e. The first-order chi connectivity index (χ1) is 19.5. The highest BCUT2D eigenvalue weighted by atomic mass is 16.5. The Morgan fingerprint density at radius 2 is 2.08 bits per heavy atom. The molecular formula is C27H27N9O4. The van der Waals surface area contributed by atoms with Gasteiger partial charge in [0.2, 0.25) is 5.91 Å². The van der Waals surface area contributed by atoms with Crippen molar-refractivity contribution < 1.29 is 19.4 Å². The largest absolute Gasteiger partial charge is 0.491 e. The summed E-state index contributed by atoms with van der Waals surface area (Å²) in [6, 6.07) is 10.4. The van der Waals surface area contributed by atoms with E-state index in [0.717, 1.165) is 41.5 Å². The van der Waals surface area contributed by atoms with Crippen LogP contribution in [0.25, 0.3) is 21.9 Å². The number of ether oxygens (including phenoxy) is 1. The molecule has 1 aliphatic heterocycles. The Kier molecular flexibility index (Phi) is 6.83. The SMILES string of the molecule is O=C(O)N[C@@H](Cc1cnc[nH]1)C(=O)Nc1ccc2cccc(OC[C@H]3CCCN3c3ncnc4nc[nH]c34)c2c1. The summed E-state index contributed by atoms with van der Waals surface area (Å²) in [5, 5.41) is 16.1. The number of hydrogen-bond donors (Lipinski definition) is 5. The molecule has 204 valence electrons. The number of anilines is 2. The van der Waals surface area contributed by atoms with Gasteiger partial charge >= 0.3 is 6.09 Å². The molecule has 0 spiro atoms. The van der Waals surface area contributed by atoms with Crippen LogP contribution in [-0.4, -0.2) is 72.2 Å². The third kappa shape index (κ3) is 5.21. The second-order valence-electron chi connectivity index (χ2n) is 9.56. The lowest BCUT2D eigenvalue weighted by atomic mass is 10.1. The molecule has 0 saturated carbocycles. The maximum atomic E-state index is 13.0. The minimum atomic E-state index is -1.29. The Labute approximate surface area is 228 Å². The molecule has 0 aliphatic carbocycles. The summed E-state index contributed by atoms with van der Waals surface area (Å²) in [5.41, 5.74) is 2.61. The number of benzene rings is 2. The number of rotatable bonds is 9. The van der Waals surface area contributed by atoms with Gasteiger partial charge in [0.25, 0.3) is 0 Å². The number of aromatic amines is 2. The number of aromatic nitrogens is 6. The van der Waals surface area contributed by atoms with Crippen LogP contribution in [-0.2, 0) is 11.2 Å². The van der Waals surface area contributed by atoms with E-state index in [2.05, 4.69) is 45.4 Å². The van der Waals surface area contributed by atoms with E-state index in [1.165, 1.54) is 12.7 Å². The van der Waals surface area contributed by atoms with Crippen LogP contribution in [0.15, 0.2) is 61.6 Å². The zero-order chi connectivity index (χ0) is 27.5. The van der Waals surface area contributed by atoms with Crippen molar-refractivity contribution >= 4 is 45.4 Å². The number of imidazole rings is 2. The summed E-state index contributed by atoms with van der Waals surface area (Å²) in [7, 11) is 0. The second kappa shape index (κ2) is 10.9. The molecule has 1 fully saturated rings. The zero-order valence-electron chi connectivity index (χ0n) is 21.4. The zero-order valence-corrected chi connectivity index (χ0v) is 21.4. The van der Waals surface area contributed by atoms with Gasteiger partial charge in [-0.3, -0.25) is 4.79 Å². The molecule has 2 amide bonds. The van der Waals surface area contributed by atoms with Gasteiger partial charge in [0.1, 0.15) is 30.2 Å². The first kappa shape index (κ1) is 25.1. The molecule has 1 aliphatic rings. The van der Waals surface area contributed by atoms with Gasteiger partial charge in [0.15, 0.2) is 11.5 Å². The molecule has 5 N–H and O–H groups in total. The smallest absolute Gasteiger partial charge is 0.405 e. The summed E-state index contributed by atoms with van der Waals surface area (Å²) in [6.07, 6.45) is 7.00. The standard InChI is InChI=1S/C27H27N9O4/c37-26(21(35-27(38)39)10-18-11-28-13-29-18)34-17-7-6-16-3-1-5-22(20(16)9-17)40-12-19-4-2-8-36(19)25-23-24(31-14-30-23)32-15-33-25/h1,3,5-7,9,11,13-15,19,21,35H,2,4,8,10,12H2,(H,28,29)(H,34,37)(H,38,39)(H,30,31,32,33)/t19-,21+/m1/s1. The molecule has 5 aromatic rings. The normalized spacial score (nSPS) is 15.8. The van der Waals surface area contributed by atoms with E-state index in [4.69, 9.17) is 4.74 Å². The molecule has 0 radical (unpaired) electrons. The molecule has 13 nitrogen and oxygen atoms in total. The van der Waals surface area contributed by atoms with Crippen LogP contribution in [0.2, 0.25) is 0 Å². The number of carbonyl (C=O) groups excluding carboxylic acids is 1. The first-order valence-electron chi connectivity index (χ1n) is 12.9. The van der Waals surface area contributed by atoms with Gasteiger partial charge in [-0.05, 0) is 36.4 Å². The van der Waals surface area contributed by atoms with E-state index in [-0.39, 0.29) is 12.5 Å². The Balaban J connectivity index is 1.19. The van der Waals surface area contributed by atoms with Crippen LogP contribution >= 0.6 is 0 Å². The number of carboxylic acid groups (broad SMARTS) is 1. The monoisotopic (exact) mass is 541 g/mol. The molecule has 4 heterocycles. The van der Waals surface area contributed by atoms with Crippen LogP contribution in [0.5, 0.6) is 5.75 Å². The lowest BCUT2D eigenvalue weighted by Gasteiger charge is -2.26. The predicted molar refractivity (Wildman–Crippen MR) is 147 cm³/mol. The van der Waals surface area contributed by atoms with Crippen LogP contribution in [0.1, 0.15) is 18.5 Å². The number of hydrogen-bond acceptors (Lipinski definition) is 8. The van der Waals surface area contributed by atoms with Crippen molar-refractivity contribution in [3.05, 3.63) is 67.3 Å². The van der Waals surface area contributed by atoms with E-state index in [9.17, 15) is 14.7 Å². The number of carbonyl (C=O) groups is 2. The van der Waals surface area contributed by atoms with E-state index in [1.807, 2.05) is 30.3 Å². The summed E-state index contributed by atoms with van der Waals surface area (Å²) in [5.74, 6) is 1.02. The molecule has 2 atom stereocenters. The molecule has 40 heavy (non-hydrogen) atoms. The number of H-pyrrole nitrogens is 2. The van der Waals surface area contributed by atoms with Gasteiger partial charge in [0, 0.05) is 35.9 Å². The van der Waals surface area contributed by atoms with Crippen molar-refractivity contribution in [3.63, 3.8) is 0 Å². The Morgan fingerprint density at radius 3 is 2.92 bits per heavy atom. The Morgan fingerprint density at radius 1 is 1.15 bits per heavy atom. The fourth-order valence-corrected chi connectivity index (χ4v) is 5.10. The molecule has 2 aromatic carbocycles. The number of amides is 2. The Hall–Kier alpha value is -5.20. The molecule has 0 unspecified atom stereocenters. The van der Waals surface area contributed by atoms with E-state index in [1.54, 1.807) is 18.6 Å². The molecule has 6 rings (SSSR count). The van der Waals surface area contributed by atoms with Gasteiger partial charge in [-0.15, -0.1) is 0 Å². The third-order valence-corrected chi connectivity index (χ3v) is 6.99. The van der Waals surface area contributed by atoms with Gasteiger partial charge < -0.3 is 35.3 Å². The summed E-state index contributed by atoms with van der Waals surface area (Å²) < 4.78 is 6.35. The van der Waals surface area contributed by atoms with Crippen molar-refractivity contribution in [1.29, 1.82) is 0 Å². The first-order valence-corrected chi connectivity index (χ1v) is 12.9. The molecule has 3 aromatic heterocycles. The number of fused-ring (bicyclic) bond motifs is 2. The van der Waals surface area contributed by atoms with Gasteiger partial charge in [-0.25, -0.2) is 24.7 Å². The summed E-state index contributed by atoms with van der Waals surface area (Å²) in [6.45, 7) is 1.30.